The van der Waals surface area contributed by atoms with Crippen molar-refractivity contribution in [3.63, 3.8) is 0 Å². The Hall–Kier alpha value is -3.58. The monoisotopic (exact) mass is 406 g/mol. The number of hydrogen-bond donors (Lipinski definition) is 1. The van der Waals surface area contributed by atoms with Gasteiger partial charge < -0.3 is 5.32 Å². The molecule has 7 nitrogen and oxygen atoms in total. The summed E-state index contributed by atoms with van der Waals surface area (Å²) in [5.41, 5.74) is 2.43. The largest absolute Gasteiger partial charge is 0.351 e. The minimum atomic E-state index is -0.791. The number of hydrogen-bond acceptors (Lipinski definition) is 4. The van der Waals surface area contributed by atoms with E-state index in [9.17, 15) is 14.4 Å². The highest BCUT2D eigenvalue weighted by molar-refractivity contribution is 6.78. The number of carbonyl (C=O) groups is 3. The number of imide groups is 1. The highest BCUT2D eigenvalue weighted by atomic mass is 35.5. The molecule has 0 saturated carbocycles. The topological polar surface area (TPSA) is 91.2 Å². The normalized spacial score (nSPS) is 15.5. The first-order chi connectivity index (χ1) is 14.0. The number of urea groups is 1. The molecule has 0 aromatic heterocycles. The van der Waals surface area contributed by atoms with Crippen molar-refractivity contribution in [3.8, 4) is 0 Å². The number of amides is 4. The van der Waals surface area contributed by atoms with Gasteiger partial charge in [0, 0.05) is 23.3 Å². The van der Waals surface area contributed by atoms with Crippen molar-refractivity contribution in [1.82, 2.24) is 10.2 Å². The maximum atomic E-state index is 12.7. The lowest BCUT2D eigenvalue weighted by atomic mass is 9.99. The van der Waals surface area contributed by atoms with Gasteiger partial charge in [-0.1, -0.05) is 60.1 Å². The quantitative estimate of drug-likeness (QED) is 0.827. The van der Waals surface area contributed by atoms with Gasteiger partial charge in [-0.15, -0.1) is 0 Å². The average molecular weight is 407 g/mol. The lowest BCUT2D eigenvalue weighted by Gasteiger charge is -2.23. The first-order valence-electron chi connectivity index (χ1n) is 8.83. The van der Waals surface area contributed by atoms with E-state index >= 15 is 0 Å². The van der Waals surface area contributed by atoms with Gasteiger partial charge in [0.1, 0.15) is 12.3 Å². The first-order valence-corrected chi connectivity index (χ1v) is 9.21. The number of halogens is 1. The predicted molar refractivity (Wildman–Crippen MR) is 110 cm³/mol. The van der Waals surface area contributed by atoms with Gasteiger partial charge in [-0.05, 0) is 17.2 Å². The molecular weight excluding hydrogens is 392 g/mol. The molecule has 144 valence electrons. The van der Waals surface area contributed by atoms with Gasteiger partial charge in [0.2, 0.25) is 5.91 Å². The first kappa shape index (κ1) is 18.8. The van der Waals surface area contributed by atoms with E-state index in [0.29, 0.717) is 10.6 Å². The Bertz CT molecular complexity index is 1110. The number of allylic oxidation sites excluding steroid dienone is 1. The number of nitrogens with zero attached hydrogens (tertiary/aromatic N) is 3. The zero-order valence-electron chi connectivity index (χ0n) is 15.1. The number of aliphatic imine (C=N–C) groups is 2. The highest BCUT2D eigenvalue weighted by Crippen LogP contribution is 2.25. The number of nitrogens with one attached hydrogen (secondary N) is 1. The van der Waals surface area contributed by atoms with Crippen molar-refractivity contribution in [2.24, 2.45) is 9.98 Å². The Kier molecular flexibility index (Phi) is 5.05. The summed E-state index contributed by atoms with van der Waals surface area (Å²) in [6.07, 6.45) is 1.51. The fourth-order valence-electron chi connectivity index (χ4n) is 3.02. The van der Waals surface area contributed by atoms with E-state index in [1.807, 2.05) is 30.3 Å². The minimum Gasteiger partial charge on any atom is -0.350 e. The van der Waals surface area contributed by atoms with Crippen LogP contribution in [-0.4, -0.2) is 40.7 Å². The van der Waals surface area contributed by atoms with Crippen molar-refractivity contribution in [2.45, 2.75) is 6.54 Å². The third-order valence-corrected chi connectivity index (χ3v) is 4.88. The van der Waals surface area contributed by atoms with Gasteiger partial charge in [0.05, 0.1) is 0 Å². The van der Waals surface area contributed by atoms with Crippen LogP contribution in [0.5, 0.6) is 0 Å². The van der Waals surface area contributed by atoms with Crippen LogP contribution < -0.4 is 5.32 Å². The van der Waals surface area contributed by atoms with E-state index in [4.69, 9.17) is 11.6 Å². The van der Waals surface area contributed by atoms with E-state index < -0.39 is 24.4 Å². The summed E-state index contributed by atoms with van der Waals surface area (Å²) in [6.45, 7) is -0.261. The van der Waals surface area contributed by atoms with Crippen LogP contribution in [0.1, 0.15) is 11.1 Å². The summed E-state index contributed by atoms with van der Waals surface area (Å²) in [7, 11) is 0. The lowest BCUT2D eigenvalue weighted by Crippen LogP contribution is -2.50. The third-order valence-electron chi connectivity index (χ3n) is 4.51. The Labute approximate surface area is 171 Å². The van der Waals surface area contributed by atoms with Crippen molar-refractivity contribution in [2.75, 3.05) is 6.54 Å². The van der Waals surface area contributed by atoms with E-state index in [0.717, 1.165) is 16.0 Å². The number of carbonyl (C=O) groups excluding carboxylic acids is 3. The van der Waals surface area contributed by atoms with E-state index in [1.54, 1.807) is 24.3 Å². The SMILES string of the molecule is O=C(CN1C(=O)N=C2C(c3ccccc3)=CN=C2C1=O)NCc1ccccc1Cl. The Morgan fingerprint density at radius 3 is 2.48 bits per heavy atom. The second-order valence-electron chi connectivity index (χ2n) is 6.39. The van der Waals surface area contributed by atoms with Crippen molar-refractivity contribution in [1.29, 1.82) is 0 Å². The molecule has 4 rings (SSSR count). The van der Waals surface area contributed by atoms with E-state index in [2.05, 4.69) is 15.3 Å². The average Bonchev–Trinajstić information content (AvgIpc) is 3.15. The van der Waals surface area contributed by atoms with Crippen LogP contribution in [0.2, 0.25) is 5.02 Å². The van der Waals surface area contributed by atoms with Crippen molar-refractivity contribution in [3.05, 3.63) is 76.9 Å². The van der Waals surface area contributed by atoms with Gasteiger partial charge in [-0.2, -0.15) is 4.99 Å². The van der Waals surface area contributed by atoms with Gasteiger partial charge in [0.15, 0.2) is 5.71 Å². The molecular formula is C21H15ClN4O3. The van der Waals surface area contributed by atoms with Crippen LogP contribution >= 0.6 is 11.6 Å². The molecule has 0 radical (unpaired) electrons. The zero-order valence-corrected chi connectivity index (χ0v) is 15.9. The molecule has 0 saturated heterocycles. The van der Waals surface area contributed by atoms with Crippen LogP contribution in [0.4, 0.5) is 4.79 Å². The van der Waals surface area contributed by atoms with Crippen LogP contribution in [0, 0.1) is 0 Å². The molecule has 2 aliphatic rings. The molecule has 8 heteroatoms. The van der Waals surface area contributed by atoms with Gasteiger partial charge in [-0.3, -0.25) is 9.59 Å². The minimum absolute atomic E-state index is 0.0577. The molecule has 2 heterocycles. The van der Waals surface area contributed by atoms with E-state index in [1.165, 1.54) is 6.20 Å². The van der Waals surface area contributed by atoms with Gasteiger partial charge >= 0.3 is 6.03 Å². The van der Waals surface area contributed by atoms with Crippen molar-refractivity contribution >= 4 is 46.4 Å². The molecule has 2 aliphatic heterocycles. The van der Waals surface area contributed by atoms with Crippen LogP contribution in [0.3, 0.4) is 0 Å². The molecule has 0 fully saturated rings. The maximum Gasteiger partial charge on any atom is 0.351 e. The molecule has 2 aromatic rings. The fraction of sp³-hybridized carbons (Fsp3) is 0.0952. The summed E-state index contributed by atoms with van der Waals surface area (Å²) in [5, 5.41) is 3.17. The zero-order chi connectivity index (χ0) is 20.4. The van der Waals surface area contributed by atoms with Gasteiger partial charge in [0.25, 0.3) is 5.91 Å². The molecule has 29 heavy (non-hydrogen) atoms. The summed E-state index contributed by atoms with van der Waals surface area (Å²) in [4.78, 5) is 46.3. The Morgan fingerprint density at radius 1 is 1.00 bits per heavy atom. The second kappa shape index (κ2) is 7.81. The molecule has 4 amide bonds. The molecule has 0 spiro atoms. The fourth-order valence-corrected chi connectivity index (χ4v) is 3.23. The molecule has 0 atom stereocenters. The molecule has 2 aromatic carbocycles. The standard InChI is InChI=1S/C21H15ClN4O3/c22-16-9-5-4-8-14(16)10-23-17(27)12-26-20(28)19-18(25-21(26)29)15(11-24-19)13-6-2-1-3-7-13/h1-9,11H,10,12H2,(H,23,27). The Morgan fingerprint density at radius 2 is 1.72 bits per heavy atom. The second-order valence-corrected chi connectivity index (χ2v) is 6.80. The van der Waals surface area contributed by atoms with E-state index in [-0.39, 0.29) is 18.0 Å². The smallest absolute Gasteiger partial charge is 0.350 e. The molecule has 0 bridgehead atoms. The van der Waals surface area contributed by atoms with Gasteiger partial charge in [-0.25, -0.2) is 14.7 Å². The summed E-state index contributed by atoms with van der Waals surface area (Å²) < 4.78 is 0. The molecule has 0 aliphatic carbocycles. The third kappa shape index (κ3) is 3.72. The molecule has 1 N–H and O–H groups in total. The summed E-state index contributed by atoms with van der Waals surface area (Å²) in [6, 6.07) is 15.5. The Balaban J connectivity index is 1.46. The number of benzene rings is 2. The maximum absolute atomic E-state index is 12.7. The summed E-state index contributed by atoms with van der Waals surface area (Å²) in [5.74, 6) is -1.14. The number of rotatable bonds is 5. The lowest BCUT2D eigenvalue weighted by molar-refractivity contribution is -0.128. The van der Waals surface area contributed by atoms with Crippen molar-refractivity contribution < 1.29 is 14.4 Å². The van der Waals surface area contributed by atoms with Crippen LogP contribution in [-0.2, 0) is 16.1 Å². The highest BCUT2D eigenvalue weighted by Gasteiger charge is 2.38. The predicted octanol–water partition coefficient (Wildman–Crippen LogP) is 2.86. The van der Waals surface area contributed by atoms with Crippen LogP contribution in [0.25, 0.3) is 5.57 Å². The number of fused-ring (bicyclic) bond motifs is 1. The molecule has 0 unspecified atom stereocenters. The van der Waals surface area contributed by atoms with Crippen LogP contribution in [0.15, 0.2) is 70.8 Å². The summed E-state index contributed by atoms with van der Waals surface area (Å²) >= 11 is 6.06.